The van der Waals surface area contributed by atoms with Gasteiger partial charge in [-0.3, -0.25) is 9.52 Å². The molecule has 1 aliphatic rings. The van der Waals surface area contributed by atoms with Gasteiger partial charge in [-0.1, -0.05) is 29.8 Å². The van der Waals surface area contributed by atoms with Crippen molar-refractivity contribution in [2.45, 2.75) is 24.0 Å². The zero-order chi connectivity index (χ0) is 22.0. The van der Waals surface area contributed by atoms with Crippen LogP contribution in [0.2, 0.25) is 5.02 Å². The predicted molar refractivity (Wildman–Crippen MR) is 118 cm³/mol. The molecular weight excluding hydrogens is 440 g/mol. The van der Waals surface area contributed by atoms with Crippen LogP contribution in [0.5, 0.6) is 11.5 Å². The van der Waals surface area contributed by atoms with Gasteiger partial charge in [-0.25, -0.2) is 8.42 Å². The molecule has 0 radical (unpaired) electrons. The number of ether oxygens (including phenoxy) is 2. The highest BCUT2D eigenvalue weighted by atomic mass is 35.5. The van der Waals surface area contributed by atoms with E-state index in [1.807, 2.05) is 6.07 Å². The summed E-state index contributed by atoms with van der Waals surface area (Å²) in [6, 6.07) is 19.3. The van der Waals surface area contributed by atoms with Gasteiger partial charge < -0.3 is 14.8 Å². The molecule has 0 bridgehead atoms. The van der Waals surface area contributed by atoms with Gasteiger partial charge in [-0.2, -0.15) is 0 Å². The summed E-state index contributed by atoms with van der Waals surface area (Å²) in [5, 5.41) is 3.19. The zero-order valence-electron chi connectivity index (χ0n) is 16.4. The Morgan fingerprint density at radius 1 is 0.903 bits per heavy atom. The monoisotopic (exact) mass is 458 g/mol. The molecule has 1 heterocycles. The Labute approximate surface area is 185 Å². The largest absolute Gasteiger partial charge is 0.482 e. The normalized spacial score (nSPS) is 17.6. The molecule has 2 unspecified atom stereocenters. The molecule has 9 heteroatoms. The number of hydrogen-bond acceptors (Lipinski definition) is 5. The second kappa shape index (κ2) is 8.49. The van der Waals surface area contributed by atoms with Crippen molar-refractivity contribution < 1.29 is 22.7 Å². The molecule has 0 saturated heterocycles. The first-order chi connectivity index (χ1) is 14.8. The lowest BCUT2D eigenvalue weighted by molar-refractivity contribution is -0.128. The summed E-state index contributed by atoms with van der Waals surface area (Å²) in [5.41, 5.74) is 0.711. The molecular formula is C22H19ClN2O5S. The fraction of sp³-hybridized carbons (Fsp3) is 0.136. The third kappa shape index (κ3) is 4.76. The topological polar surface area (TPSA) is 93.7 Å². The predicted octanol–water partition coefficient (Wildman–Crippen LogP) is 4.31. The van der Waals surface area contributed by atoms with Crippen LogP contribution >= 0.6 is 11.6 Å². The summed E-state index contributed by atoms with van der Waals surface area (Å²) >= 11 is 5.82. The number of carbonyl (C=O) groups is 1. The van der Waals surface area contributed by atoms with E-state index < -0.39 is 28.1 Å². The van der Waals surface area contributed by atoms with Crippen LogP contribution in [0.25, 0.3) is 0 Å². The van der Waals surface area contributed by atoms with Crippen LogP contribution in [-0.2, 0) is 14.8 Å². The molecule has 0 fully saturated rings. The highest BCUT2D eigenvalue weighted by Crippen LogP contribution is 2.33. The third-order valence-corrected chi connectivity index (χ3v) is 6.26. The van der Waals surface area contributed by atoms with Crippen LogP contribution in [0.3, 0.4) is 0 Å². The summed E-state index contributed by atoms with van der Waals surface area (Å²) in [5.74, 6) is 0.669. The van der Waals surface area contributed by atoms with Gasteiger partial charge in [0.25, 0.3) is 15.9 Å². The highest BCUT2D eigenvalue weighted by Gasteiger charge is 2.34. The number of rotatable bonds is 5. The lowest BCUT2D eigenvalue weighted by atomic mass is 10.1. The Hall–Kier alpha value is -3.23. The lowest BCUT2D eigenvalue weighted by Crippen LogP contribution is -2.46. The number of anilines is 2. The van der Waals surface area contributed by atoms with E-state index >= 15 is 0 Å². The number of benzene rings is 3. The van der Waals surface area contributed by atoms with Crippen LogP contribution in [0.15, 0.2) is 77.7 Å². The van der Waals surface area contributed by atoms with E-state index in [0.29, 0.717) is 27.9 Å². The van der Waals surface area contributed by atoms with Gasteiger partial charge >= 0.3 is 0 Å². The van der Waals surface area contributed by atoms with Crippen molar-refractivity contribution in [1.29, 1.82) is 0 Å². The van der Waals surface area contributed by atoms with Gasteiger partial charge in [0.1, 0.15) is 6.10 Å². The van der Waals surface area contributed by atoms with E-state index in [0.717, 1.165) is 0 Å². The molecule has 0 aliphatic carbocycles. The first-order valence-electron chi connectivity index (χ1n) is 9.43. The minimum absolute atomic E-state index is 0.0755. The Morgan fingerprint density at radius 3 is 2.26 bits per heavy atom. The van der Waals surface area contributed by atoms with E-state index in [-0.39, 0.29) is 4.90 Å². The van der Waals surface area contributed by atoms with Crippen molar-refractivity contribution in [2.24, 2.45) is 0 Å². The average molecular weight is 459 g/mol. The number of para-hydroxylation sites is 2. The maximum Gasteiger partial charge on any atom is 0.269 e. The highest BCUT2D eigenvalue weighted by molar-refractivity contribution is 7.92. The summed E-state index contributed by atoms with van der Waals surface area (Å²) in [7, 11) is -3.80. The molecule has 3 aromatic carbocycles. The Morgan fingerprint density at radius 2 is 1.55 bits per heavy atom. The van der Waals surface area contributed by atoms with E-state index in [9.17, 15) is 13.2 Å². The molecule has 2 atom stereocenters. The minimum Gasteiger partial charge on any atom is -0.482 e. The second-order valence-corrected chi connectivity index (χ2v) is 9.06. The molecule has 0 spiro atoms. The van der Waals surface area contributed by atoms with Crippen LogP contribution < -0.4 is 19.5 Å². The molecule has 3 aromatic rings. The van der Waals surface area contributed by atoms with Crippen molar-refractivity contribution in [2.75, 3.05) is 10.0 Å². The Bertz CT molecular complexity index is 1210. The van der Waals surface area contributed by atoms with Gasteiger partial charge in [0.15, 0.2) is 11.5 Å². The molecule has 0 aromatic heterocycles. The van der Waals surface area contributed by atoms with E-state index in [1.165, 1.54) is 30.3 Å². The summed E-state index contributed by atoms with van der Waals surface area (Å²) in [6.45, 7) is 1.75. The maximum atomic E-state index is 12.8. The zero-order valence-corrected chi connectivity index (χ0v) is 18.0. The third-order valence-electron chi connectivity index (χ3n) is 4.61. The summed E-state index contributed by atoms with van der Waals surface area (Å²) in [6.07, 6.45) is -1.36. The number of sulfonamides is 1. The smallest absolute Gasteiger partial charge is 0.269 e. The molecule has 1 amide bonds. The van der Waals surface area contributed by atoms with Crippen LogP contribution in [0.1, 0.15) is 6.92 Å². The number of amides is 1. The van der Waals surface area contributed by atoms with Crippen molar-refractivity contribution >= 4 is 38.9 Å². The van der Waals surface area contributed by atoms with Gasteiger partial charge in [-0.05, 0) is 61.5 Å². The molecule has 2 N–H and O–H groups in total. The SMILES string of the molecule is CC1Oc2ccccc2OC1C(=O)Nc1cccc(NS(=O)(=O)c2ccc(Cl)cc2)c1. The molecule has 1 aliphatic heterocycles. The number of fused-ring (bicyclic) bond motifs is 1. The van der Waals surface area contributed by atoms with Crippen LogP contribution in [0.4, 0.5) is 11.4 Å². The number of carbonyl (C=O) groups excluding carboxylic acids is 1. The second-order valence-electron chi connectivity index (χ2n) is 6.94. The summed E-state index contributed by atoms with van der Waals surface area (Å²) < 4.78 is 39.2. The molecule has 7 nitrogen and oxygen atoms in total. The Balaban J connectivity index is 1.47. The fourth-order valence-electron chi connectivity index (χ4n) is 3.11. The van der Waals surface area contributed by atoms with Crippen molar-refractivity contribution in [3.8, 4) is 11.5 Å². The fourth-order valence-corrected chi connectivity index (χ4v) is 4.28. The average Bonchev–Trinajstić information content (AvgIpc) is 2.73. The van der Waals surface area contributed by atoms with Gasteiger partial charge in [-0.15, -0.1) is 0 Å². The maximum absolute atomic E-state index is 12.8. The van der Waals surface area contributed by atoms with Crippen molar-refractivity contribution in [3.05, 3.63) is 77.8 Å². The standard InChI is InChI=1S/C22H19ClN2O5S/c1-14-21(30-20-8-3-2-7-19(20)29-14)22(26)24-16-5-4-6-17(13-16)25-31(27,28)18-11-9-15(23)10-12-18/h2-14,21,25H,1H3,(H,24,26). The Kier molecular flexibility index (Phi) is 5.75. The minimum atomic E-state index is -3.80. The molecule has 160 valence electrons. The van der Waals surface area contributed by atoms with Crippen LogP contribution in [0, 0.1) is 0 Å². The van der Waals surface area contributed by atoms with Gasteiger partial charge in [0.2, 0.25) is 6.10 Å². The van der Waals surface area contributed by atoms with Crippen molar-refractivity contribution in [1.82, 2.24) is 0 Å². The molecule has 4 rings (SSSR count). The van der Waals surface area contributed by atoms with Gasteiger partial charge in [0, 0.05) is 10.7 Å². The van der Waals surface area contributed by atoms with E-state index in [2.05, 4.69) is 10.0 Å². The van der Waals surface area contributed by atoms with E-state index in [1.54, 1.807) is 43.3 Å². The summed E-state index contributed by atoms with van der Waals surface area (Å²) in [4.78, 5) is 12.8. The van der Waals surface area contributed by atoms with Gasteiger partial charge in [0.05, 0.1) is 10.6 Å². The van der Waals surface area contributed by atoms with Crippen LogP contribution in [-0.4, -0.2) is 26.5 Å². The quantitative estimate of drug-likeness (QED) is 0.594. The van der Waals surface area contributed by atoms with E-state index in [4.69, 9.17) is 21.1 Å². The molecule has 0 saturated carbocycles. The number of nitrogens with one attached hydrogen (secondary N) is 2. The number of halogens is 1. The first-order valence-corrected chi connectivity index (χ1v) is 11.3. The first kappa shape index (κ1) is 21.0. The lowest BCUT2D eigenvalue weighted by Gasteiger charge is -2.31. The molecule has 31 heavy (non-hydrogen) atoms. The van der Waals surface area contributed by atoms with Crippen molar-refractivity contribution in [3.63, 3.8) is 0 Å². The number of hydrogen-bond donors (Lipinski definition) is 2.